The van der Waals surface area contributed by atoms with Crippen LogP contribution < -0.4 is 5.32 Å². The van der Waals surface area contributed by atoms with Crippen LogP contribution in [-0.2, 0) is 4.79 Å². The number of β-amino-alcohol motifs (C(OH)–C–C–N with tert-alkyl or cyclic N) is 1. The minimum atomic E-state index is -0.891. The van der Waals surface area contributed by atoms with Gasteiger partial charge in [-0.3, -0.25) is 4.79 Å². The number of likely N-dealkylation sites (tertiary alicyclic amines) is 1. The maximum Gasteiger partial charge on any atom is 0.317 e. The first-order valence-corrected chi connectivity index (χ1v) is 7.54. The van der Waals surface area contributed by atoms with Crippen molar-refractivity contribution >= 4 is 12.0 Å². The minimum Gasteiger partial charge on any atom is -0.481 e. The smallest absolute Gasteiger partial charge is 0.317 e. The molecule has 3 atom stereocenters. The molecule has 122 valence electrons. The van der Waals surface area contributed by atoms with Crippen LogP contribution in [0.4, 0.5) is 4.79 Å². The van der Waals surface area contributed by atoms with Gasteiger partial charge >= 0.3 is 12.0 Å². The largest absolute Gasteiger partial charge is 0.481 e. The molecule has 1 heterocycles. The van der Waals surface area contributed by atoms with Gasteiger partial charge in [0.05, 0.1) is 12.0 Å². The Labute approximate surface area is 126 Å². The van der Waals surface area contributed by atoms with E-state index in [1.165, 1.54) is 0 Å². The summed E-state index contributed by atoms with van der Waals surface area (Å²) in [6, 6.07) is -0.291. The van der Waals surface area contributed by atoms with Gasteiger partial charge in [-0.2, -0.15) is 0 Å². The molecule has 3 N–H and O–H groups in total. The molecule has 2 amide bonds. The first-order valence-electron chi connectivity index (χ1n) is 7.54. The zero-order valence-corrected chi connectivity index (χ0v) is 13.4. The maximum atomic E-state index is 12.1. The van der Waals surface area contributed by atoms with Crippen molar-refractivity contribution in [1.82, 2.24) is 10.2 Å². The zero-order chi connectivity index (χ0) is 16.2. The molecule has 6 nitrogen and oxygen atoms in total. The third-order valence-electron chi connectivity index (χ3n) is 3.91. The van der Waals surface area contributed by atoms with Crippen molar-refractivity contribution in [2.75, 3.05) is 19.6 Å². The molecular weight excluding hydrogens is 272 g/mol. The van der Waals surface area contributed by atoms with E-state index in [9.17, 15) is 19.8 Å². The van der Waals surface area contributed by atoms with Crippen LogP contribution in [0.1, 0.15) is 40.5 Å². The number of aliphatic hydroxyl groups excluding tert-OH is 1. The number of rotatable bonds is 4. The Morgan fingerprint density at radius 1 is 1.38 bits per heavy atom. The molecule has 0 bridgehead atoms. The summed E-state index contributed by atoms with van der Waals surface area (Å²) >= 11 is 0. The summed E-state index contributed by atoms with van der Waals surface area (Å²) in [7, 11) is 0. The van der Waals surface area contributed by atoms with Gasteiger partial charge < -0.3 is 20.4 Å². The lowest BCUT2D eigenvalue weighted by Crippen LogP contribution is -2.50. The van der Waals surface area contributed by atoms with Crippen molar-refractivity contribution in [3.8, 4) is 0 Å². The van der Waals surface area contributed by atoms with Crippen LogP contribution in [-0.4, -0.2) is 52.9 Å². The number of carbonyl (C=O) groups is 2. The number of nitrogens with one attached hydrogen (secondary N) is 1. The molecule has 3 unspecified atom stereocenters. The first kappa shape index (κ1) is 17.8. The summed E-state index contributed by atoms with van der Waals surface area (Å²) in [5.41, 5.74) is -0.107. The first-order chi connectivity index (χ1) is 9.60. The molecule has 0 spiro atoms. The highest BCUT2D eigenvalue weighted by molar-refractivity contribution is 5.76. The van der Waals surface area contributed by atoms with Gasteiger partial charge in [-0.15, -0.1) is 0 Å². The number of aliphatic hydroxyl groups is 1. The topological polar surface area (TPSA) is 89.9 Å². The Morgan fingerprint density at radius 2 is 2.00 bits per heavy atom. The molecule has 1 aliphatic rings. The third-order valence-corrected chi connectivity index (χ3v) is 3.91. The molecule has 1 fully saturated rings. The molecule has 1 rings (SSSR count). The number of carboxylic acid groups (broad SMARTS) is 1. The molecule has 0 saturated carbocycles. The molecule has 0 radical (unpaired) electrons. The van der Waals surface area contributed by atoms with Gasteiger partial charge in [-0.25, -0.2) is 4.79 Å². The number of piperidine rings is 1. The lowest BCUT2D eigenvalue weighted by molar-refractivity contribution is -0.142. The molecule has 1 saturated heterocycles. The summed E-state index contributed by atoms with van der Waals surface area (Å²) in [5.74, 6) is -1.29. The van der Waals surface area contributed by atoms with E-state index >= 15 is 0 Å². The van der Waals surface area contributed by atoms with Gasteiger partial charge in [0.25, 0.3) is 0 Å². The second kappa shape index (κ2) is 7.11. The normalized spacial score (nSPS) is 24.5. The second-order valence-electron chi connectivity index (χ2n) is 7.27. The van der Waals surface area contributed by atoms with Crippen molar-refractivity contribution in [2.24, 2.45) is 17.3 Å². The molecule has 0 aromatic rings. The number of aliphatic carboxylic acids is 1. The SMILES string of the molecule is CC1CCN(C(=O)NCC(CC(C)(C)C)C(=O)O)CC1O. The predicted octanol–water partition coefficient (Wildman–Crippen LogP) is 1.54. The number of hydrogen-bond donors (Lipinski definition) is 3. The van der Waals surface area contributed by atoms with Gasteiger partial charge in [0.1, 0.15) is 0 Å². The van der Waals surface area contributed by atoms with E-state index in [1.807, 2.05) is 27.7 Å². The highest BCUT2D eigenvalue weighted by Gasteiger charge is 2.29. The number of carbonyl (C=O) groups excluding carboxylic acids is 1. The average Bonchev–Trinajstić information content (AvgIpc) is 2.35. The highest BCUT2D eigenvalue weighted by atomic mass is 16.4. The van der Waals surface area contributed by atoms with Crippen molar-refractivity contribution < 1.29 is 19.8 Å². The molecule has 0 aromatic carbocycles. The fraction of sp³-hybridized carbons (Fsp3) is 0.867. The second-order valence-corrected chi connectivity index (χ2v) is 7.27. The number of nitrogens with zero attached hydrogens (tertiary/aromatic N) is 1. The lowest BCUT2D eigenvalue weighted by atomic mass is 9.84. The van der Waals surface area contributed by atoms with Crippen molar-refractivity contribution in [1.29, 1.82) is 0 Å². The summed E-state index contributed by atoms with van der Waals surface area (Å²) in [4.78, 5) is 24.9. The molecule has 0 aromatic heterocycles. The van der Waals surface area contributed by atoms with E-state index < -0.39 is 18.0 Å². The number of amides is 2. The van der Waals surface area contributed by atoms with E-state index in [0.29, 0.717) is 19.5 Å². The van der Waals surface area contributed by atoms with Crippen LogP contribution in [0.3, 0.4) is 0 Å². The van der Waals surface area contributed by atoms with Crippen LogP contribution in [0.5, 0.6) is 0 Å². The van der Waals surface area contributed by atoms with Gasteiger partial charge in [-0.1, -0.05) is 27.7 Å². The Morgan fingerprint density at radius 3 is 2.48 bits per heavy atom. The Kier molecular flexibility index (Phi) is 6.01. The van der Waals surface area contributed by atoms with Gasteiger partial charge in [0.15, 0.2) is 0 Å². The summed E-state index contributed by atoms with van der Waals surface area (Å²) in [5, 5.41) is 21.7. The minimum absolute atomic E-state index is 0.107. The van der Waals surface area contributed by atoms with Crippen LogP contribution in [0, 0.1) is 17.3 Å². The number of hydrogen-bond acceptors (Lipinski definition) is 3. The fourth-order valence-corrected chi connectivity index (χ4v) is 2.54. The molecule has 1 aliphatic heterocycles. The van der Waals surface area contributed by atoms with Crippen LogP contribution >= 0.6 is 0 Å². The fourth-order valence-electron chi connectivity index (χ4n) is 2.54. The van der Waals surface area contributed by atoms with Gasteiger partial charge in [0.2, 0.25) is 0 Å². The van der Waals surface area contributed by atoms with Gasteiger partial charge in [0, 0.05) is 19.6 Å². The average molecular weight is 300 g/mol. The number of carboxylic acids is 1. The Balaban J connectivity index is 2.48. The van der Waals surface area contributed by atoms with Crippen LogP contribution in [0.25, 0.3) is 0 Å². The Bertz CT molecular complexity index is 378. The zero-order valence-electron chi connectivity index (χ0n) is 13.4. The predicted molar refractivity (Wildman–Crippen MR) is 80.0 cm³/mol. The van der Waals surface area contributed by atoms with Gasteiger partial charge in [-0.05, 0) is 24.2 Å². The summed E-state index contributed by atoms with van der Waals surface area (Å²) in [6.45, 7) is 8.93. The Hall–Kier alpha value is -1.30. The standard InChI is InChI=1S/C15H28N2O4/c1-10-5-6-17(9-12(10)18)14(21)16-8-11(13(19)20)7-15(2,3)4/h10-12,18H,5-9H2,1-4H3,(H,16,21)(H,19,20). The molecule has 21 heavy (non-hydrogen) atoms. The van der Waals surface area contributed by atoms with Crippen LogP contribution in [0.15, 0.2) is 0 Å². The van der Waals surface area contributed by atoms with E-state index in [2.05, 4.69) is 5.32 Å². The van der Waals surface area contributed by atoms with Crippen LogP contribution in [0.2, 0.25) is 0 Å². The van der Waals surface area contributed by atoms with E-state index in [-0.39, 0.29) is 23.9 Å². The summed E-state index contributed by atoms with van der Waals surface area (Å²) < 4.78 is 0. The molecular formula is C15H28N2O4. The number of urea groups is 1. The summed E-state index contributed by atoms with van der Waals surface area (Å²) in [6.07, 6.45) is 0.760. The maximum absolute atomic E-state index is 12.1. The highest BCUT2D eigenvalue weighted by Crippen LogP contribution is 2.24. The van der Waals surface area contributed by atoms with Crippen molar-refractivity contribution in [3.05, 3.63) is 0 Å². The van der Waals surface area contributed by atoms with Crippen molar-refractivity contribution in [3.63, 3.8) is 0 Å². The van der Waals surface area contributed by atoms with Crippen molar-refractivity contribution in [2.45, 2.75) is 46.6 Å². The third kappa shape index (κ3) is 5.91. The van der Waals surface area contributed by atoms with E-state index in [0.717, 1.165) is 6.42 Å². The monoisotopic (exact) mass is 300 g/mol. The lowest BCUT2D eigenvalue weighted by Gasteiger charge is -2.34. The van der Waals surface area contributed by atoms with E-state index in [4.69, 9.17) is 0 Å². The quantitative estimate of drug-likeness (QED) is 0.734. The molecule has 6 heteroatoms. The molecule has 0 aliphatic carbocycles. The van der Waals surface area contributed by atoms with E-state index in [1.54, 1.807) is 4.90 Å².